The third-order valence-electron chi connectivity index (χ3n) is 2.89. The molecule has 1 aliphatic rings. The number of benzene rings is 1. The van der Waals surface area contributed by atoms with Gasteiger partial charge in [0.1, 0.15) is 6.04 Å². The summed E-state index contributed by atoms with van der Waals surface area (Å²) in [4.78, 5) is 34.8. The summed E-state index contributed by atoms with van der Waals surface area (Å²) in [5.41, 5.74) is 0.0891. The van der Waals surface area contributed by atoms with E-state index in [0.717, 1.165) is 6.20 Å². The van der Waals surface area contributed by atoms with Crippen molar-refractivity contribution in [2.24, 2.45) is 0 Å². The van der Waals surface area contributed by atoms with E-state index in [0.29, 0.717) is 5.56 Å². The highest BCUT2D eigenvalue weighted by molar-refractivity contribution is 6.15. The molecule has 0 aliphatic carbocycles. The number of hydrogen-bond donors (Lipinski definition) is 2. The Morgan fingerprint density at radius 3 is 2.23 bits per heavy atom. The Balaban J connectivity index is 2.20. The molecule has 0 unspecified atom stereocenters. The lowest BCUT2D eigenvalue weighted by Gasteiger charge is -2.29. The van der Waals surface area contributed by atoms with Gasteiger partial charge in [0.15, 0.2) is 5.57 Å². The number of ether oxygens (including phenoxy) is 2. The molecular weight excluding hydrogens is 290 g/mol. The number of carboxylic acids is 1. The molecule has 0 spiro atoms. The molecule has 7 heteroatoms. The van der Waals surface area contributed by atoms with Gasteiger partial charge in [-0.05, 0) is 5.56 Å². The molecule has 1 heterocycles. The normalized spacial score (nSPS) is 18.0. The first-order chi connectivity index (χ1) is 10.3. The monoisotopic (exact) mass is 305 g/mol. The maximum atomic E-state index is 11.8. The predicted octanol–water partition coefficient (Wildman–Crippen LogP) is 1.12. The van der Waals surface area contributed by atoms with Gasteiger partial charge in [0.2, 0.25) is 0 Å². The molecule has 1 aromatic carbocycles. The molecular formula is C15H15NO6. The third-order valence-corrected chi connectivity index (χ3v) is 2.89. The fourth-order valence-electron chi connectivity index (χ4n) is 1.90. The highest BCUT2D eigenvalue weighted by Gasteiger charge is 2.39. The number of nitrogens with one attached hydrogen (secondary N) is 1. The van der Waals surface area contributed by atoms with Crippen molar-refractivity contribution in [3.8, 4) is 0 Å². The van der Waals surface area contributed by atoms with Crippen molar-refractivity contribution in [2.75, 3.05) is 0 Å². The summed E-state index contributed by atoms with van der Waals surface area (Å²) < 4.78 is 9.83. The van der Waals surface area contributed by atoms with Gasteiger partial charge in [-0.15, -0.1) is 0 Å². The van der Waals surface area contributed by atoms with Crippen LogP contribution in [0.4, 0.5) is 0 Å². The number of cyclic esters (lactones) is 2. The standard InChI is InChI=1S/C15H15NO6/c1-15(2)21-13(19)10(14(20)22-15)8-16-11(12(17)18)9-6-4-3-5-7-9/h3-8,11,16H,1-2H3,(H,17,18)/t11-/m0/s1. The van der Waals surface area contributed by atoms with Gasteiger partial charge in [-0.25, -0.2) is 14.4 Å². The van der Waals surface area contributed by atoms with Crippen molar-refractivity contribution in [2.45, 2.75) is 25.7 Å². The summed E-state index contributed by atoms with van der Waals surface area (Å²) in [5.74, 6) is -4.23. The lowest BCUT2D eigenvalue weighted by Crippen LogP contribution is -2.42. The fourth-order valence-corrected chi connectivity index (χ4v) is 1.90. The summed E-state index contributed by atoms with van der Waals surface area (Å²) in [6, 6.07) is 7.25. The summed E-state index contributed by atoms with van der Waals surface area (Å²) >= 11 is 0. The van der Waals surface area contributed by atoms with Gasteiger partial charge in [0.25, 0.3) is 5.79 Å². The van der Waals surface area contributed by atoms with Crippen LogP contribution in [0.2, 0.25) is 0 Å². The van der Waals surface area contributed by atoms with Crippen molar-refractivity contribution >= 4 is 17.9 Å². The van der Waals surface area contributed by atoms with Crippen LogP contribution in [0.1, 0.15) is 25.5 Å². The van der Waals surface area contributed by atoms with Gasteiger partial charge in [-0.2, -0.15) is 0 Å². The lowest BCUT2D eigenvalue weighted by atomic mass is 10.1. The first-order valence-corrected chi connectivity index (χ1v) is 6.51. The zero-order chi connectivity index (χ0) is 16.3. The minimum atomic E-state index is -1.34. The Bertz CT molecular complexity index is 613. The molecule has 1 saturated heterocycles. The van der Waals surface area contributed by atoms with Gasteiger partial charge in [-0.1, -0.05) is 30.3 Å². The molecule has 2 N–H and O–H groups in total. The minimum absolute atomic E-state index is 0.387. The van der Waals surface area contributed by atoms with Crippen molar-refractivity contribution in [1.29, 1.82) is 0 Å². The van der Waals surface area contributed by atoms with Crippen LogP contribution in [0.15, 0.2) is 42.1 Å². The van der Waals surface area contributed by atoms with E-state index in [-0.39, 0.29) is 5.57 Å². The van der Waals surface area contributed by atoms with Crippen molar-refractivity contribution in [3.63, 3.8) is 0 Å². The first-order valence-electron chi connectivity index (χ1n) is 6.51. The van der Waals surface area contributed by atoms with Crippen molar-refractivity contribution in [3.05, 3.63) is 47.7 Å². The van der Waals surface area contributed by atoms with Crippen LogP contribution in [0, 0.1) is 0 Å². The molecule has 22 heavy (non-hydrogen) atoms. The summed E-state index contributed by atoms with van der Waals surface area (Å²) in [7, 11) is 0. The third kappa shape index (κ3) is 3.43. The van der Waals surface area contributed by atoms with Gasteiger partial charge in [-0.3, -0.25) is 0 Å². The molecule has 1 atom stereocenters. The Morgan fingerprint density at radius 2 is 1.73 bits per heavy atom. The average Bonchev–Trinajstić information content (AvgIpc) is 2.41. The van der Waals surface area contributed by atoms with Crippen molar-refractivity contribution < 1.29 is 29.0 Å². The largest absolute Gasteiger partial charge is 0.479 e. The molecule has 0 radical (unpaired) electrons. The maximum absolute atomic E-state index is 11.8. The highest BCUT2D eigenvalue weighted by Crippen LogP contribution is 2.22. The Morgan fingerprint density at radius 1 is 1.18 bits per heavy atom. The first kappa shape index (κ1) is 15.6. The van der Waals surface area contributed by atoms with Crippen LogP contribution < -0.4 is 5.32 Å². The molecule has 1 aliphatic heterocycles. The second-order valence-corrected chi connectivity index (χ2v) is 5.09. The molecule has 0 amide bonds. The SMILES string of the molecule is CC1(C)OC(=O)C(=CN[C@H](C(=O)O)c2ccccc2)C(=O)O1. The second-order valence-electron chi connectivity index (χ2n) is 5.09. The smallest absolute Gasteiger partial charge is 0.350 e. The van der Waals surface area contributed by atoms with Crippen molar-refractivity contribution in [1.82, 2.24) is 5.32 Å². The van der Waals surface area contributed by atoms with E-state index in [1.165, 1.54) is 13.8 Å². The zero-order valence-electron chi connectivity index (χ0n) is 12.0. The Hall–Kier alpha value is -2.83. The number of rotatable bonds is 4. The van der Waals surface area contributed by atoms with Crippen LogP contribution in [0.5, 0.6) is 0 Å². The number of carbonyl (C=O) groups is 3. The topological polar surface area (TPSA) is 102 Å². The fraction of sp³-hybridized carbons (Fsp3) is 0.267. The molecule has 0 bridgehead atoms. The van der Waals surface area contributed by atoms with E-state index in [1.54, 1.807) is 30.3 Å². The molecule has 2 rings (SSSR count). The maximum Gasteiger partial charge on any atom is 0.350 e. The van der Waals surface area contributed by atoms with Gasteiger partial charge < -0.3 is 19.9 Å². The number of hydrogen-bond acceptors (Lipinski definition) is 6. The van der Waals surface area contributed by atoms with Crippen LogP contribution in [0.25, 0.3) is 0 Å². The predicted molar refractivity (Wildman–Crippen MR) is 74.3 cm³/mol. The van der Waals surface area contributed by atoms with Crippen LogP contribution in [0.3, 0.4) is 0 Å². The van der Waals surface area contributed by atoms with Gasteiger partial charge >= 0.3 is 17.9 Å². The summed E-state index contributed by atoms with van der Waals surface area (Å²) in [6.07, 6.45) is 1.01. The molecule has 0 aromatic heterocycles. The van der Waals surface area contributed by atoms with Gasteiger partial charge in [0, 0.05) is 20.0 Å². The second kappa shape index (κ2) is 5.88. The quantitative estimate of drug-likeness (QED) is 0.488. The number of carboxylic acid groups (broad SMARTS) is 1. The molecule has 116 valence electrons. The zero-order valence-corrected chi connectivity index (χ0v) is 12.0. The Kier molecular flexibility index (Phi) is 4.16. The molecule has 7 nitrogen and oxygen atoms in total. The van der Waals surface area contributed by atoms with Crippen LogP contribution in [-0.4, -0.2) is 28.8 Å². The average molecular weight is 305 g/mol. The number of carbonyl (C=O) groups excluding carboxylic acids is 2. The molecule has 1 fully saturated rings. The highest BCUT2D eigenvalue weighted by atomic mass is 16.7. The minimum Gasteiger partial charge on any atom is -0.479 e. The molecule has 0 saturated carbocycles. The van der Waals surface area contributed by atoms with E-state index in [1.807, 2.05) is 0 Å². The van der Waals surface area contributed by atoms with E-state index >= 15 is 0 Å². The lowest BCUT2D eigenvalue weighted by molar-refractivity contribution is -0.222. The summed E-state index contributed by atoms with van der Waals surface area (Å²) in [6.45, 7) is 2.86. The Labute approximate surface area is 126 Å². The summed E-state index contributed by atoms with van der Waals surface area (Å²) in [5, 5.41) is 11.8. The van der Waals surface area contributed by atoms with Crippen LogP contribution in [-0.2, 0) is 23.9 Å². The van der Waals surface area contributed by atoms with E-state index in [9.17, 15) is 19.5 Å². The van der Waals surface area contributed by atoms with Crippen LogP contribution >= 0.6 is 0 Å². The van der Waals surface area contributed by atoms with E-state index in [2.05, 4.69) is 5.32 Å². The number of esters is 2. The van der Waals surface area contributed by atoms with Gasteiger partial charge in [0.05, 0.1) is 0 Å². The van der Waals surface area contributed by atoms with E-state index in [4.69, 9.17) is 9.47 Å². The number of aliphatic carboxylic acids is 1. The molecule has 1 aromatic rings. The van der Waals surface area contributed by atoms with E-state index < -0.39 is 29.7 Å².